The summed E-state index contributed by atoms with van der Waals surface area (Å²) >= 11 is 0. The summed E-state index contributed by atoms with van der Waals surface area (Å²) in [7, 11) is 0. The molecule has 0 radical (unpaired) electrons. The summed E-state index contributed by atoms with van der Waals surface area (Å²) in [4.78, 5) is 13.8. The lowest BCUT2D eigenvalue weighted by Crippen LogP contribution is -2.56. The first-order chi connectivity index (χ1) is 8.20. The van der Waals surface area contributed by atoms with Crippen LogP contribution >= 0.6 is 0 Å². The van der Waals surface area contributed by atoms with Gasteiger partial charge in [0, 0.05) is 25.6 Å². The van der Waals surface area contributed by atoms with Gasteiger partial charge in [-0.2, -0.15) is 0 Å². The Morgan fingerprint density at radius 1 is 1.24 bits per heavy atom. The minimum Gasteiger partial charge on any atom is -0.396 e. The Balaban J connectivity index is 1.71. The minimum absolute atomic E-state index is 0.0836. The second-order valence-corrected chi connectivity index (χ2v) is 5.64. The molecule has 1 saturated heterocycles. The summed E-state index contributed by atoms with van der Waals surface area (Å²) in [5, 5.41) is 8.92. The van der Waals surface area contributed by atoms with Gasteiger partial charge in [-0.05, 0) is 12.3 Å². The predicted octanol–water partition coefficient (Wildman–Crippen LogP) is 0.735. The molecule has 0 aromatic rings. The number of aliphatic hydroxyl groups excluding tert-OH is 1. The van der Waals surface area contributed by atoms with Gasteiger partial charge in [0.15, 0.2) is 0 Å². The second kappa shape index (κ2) is 5.83. The van der Waals surface area contributed by atoms with Crippen molar-refractivity contribution in [3.8, 4) is 0 Å². The fraction of sp³-hybridized carbons (Fsp3) is 0.923. The van der Waals surface area contributed by atoms with E-state index in [0.29, 0.717) is 19.0 Å². The number of aliphatic hydroxyl groups is 1. The Kier molecular flexibility index (Phi) is 4.40. The molecule has 1 atom stereocenters. The Labute approximate surface area is 103 Å². The summed E-state index contributed by atoms with van der Waals surface area (Å²) in [6.07, 6.45) is 7.24. The largest absolute Gasteiger partial charge is 0.396 e. The van der Waals surface area contributed by atoms with Gasteiger partial charge in [0.25, 0.3) is 0 Å². The number of carbonyl (C=O) groups is 1. The molecule has 0 aromatic heterocycles. The molecule has 1 unspecified atom stereocenters. The van der Waals surface area contributed by atoms with E-state index >= 15 is 0 Å². The van der Waals surface area contributed by atoms with Gasteiger partial charge in [-0.3, -0.25) is 4.79 Å². The first-order valence-corrected chi connectivity index (χ1v) is 6.86. The van der Waals surface area contributed by atoms with Crippen molar-refractivity contribution >= 4 is 5.91 Å². The fourth-order valence-corrected chi connectivity index (χ4v) is 2.98. The fourth-order valence-electron chi connectivity index (χ4n) is 2.98. The molecule has 1 saturated carbocycles. The van der Waals surface area contributed by atoms with Crippen molar-refractivity contribution in [2.45, 2.75) is 44.6 Å². The number of hydrogen-bond donors (Lipinski definition) is 2. The van der Waals surface area contributed by atoms with Gasteiger partial charge in [0.2, 0.25) is 5.91 Å². The zero-order chi connectivity index (χ0) is 12.3. The SMILES string of the molecule is NC(CC1CCCCC1)C(=O)N1CC(CO)C1. The highest BCUT2D eigenvalue weighted by molar-refractivity contribution is 5.82. The molecule has 1 heterocycles. The standard InChI is InChI=1S/C13H24N2O2/c14-12(6-10-4-2-1-3-5-10)13(17)15-7-11(8-15)9-16/h10-12,16H,1-9,14H2. The maximum absolute atomic E-state index is 12.0. The van der Waals surface area contributed by atoms with Gasteiger partial charge in [-0.1, -0.05) is 32.1 Å². The van der Waals surface area contributed by atoms with Crippen LogP contribution in [0.4, 0.5) is 0 Å². The van der Waals surface area contributed by atoms with Crippen LogP contribution in [0.5, 0.6) is 0 Å². The molecule has 0 spiro atoms. The van der Waals surface area contributed by atoms with Crippen molar-refractivity contribution < 1.29 is 9.90 Å². The summed E-state index contributed by atoms with van der Waals surface area (Å²) in [6, 6.07) is -0.322. The number of likely N-dealkylation sites (tertiary alicyclic amines) is 1. The zero-order valence-corrected chi connectivity index (χ0v) is 10.5. The van der Waals surface area contributed by atoms with E-state index in [1.165, 1.54) is 32.1 Å². The number of rotatable bonds is 4. The lowest BCUT2D eigenvalue weighted by atomic mass is 9.84. The van der Waals surface area contributed by atoms with Crippen molar-refractivity contribution in [3.05, 3.63) is 0 Å². The molecule has 3 N–H and O–H groups in total. The van der Waals surface area contributed by atoms with E-state index in [1.807, 2.05) is 0 Å². The van der Waals surface area contributed by atoms with Crippen LogP contribution in [0.15, 0.2) is 0 Å². The summed E-state index contributed by atoms with van der Waals surface area (Å²) < 4.78 is 0. The van der Waals surface area contributed by atoms with Crippen molar-refractivity contribution in [3.63, 3.8) is 0 Å². The van der Waals surface area contributed by atoms with Gasteiger partial charge < -0.3 is 15.7 Å². The highest BCUT2D eigenvalue weighted by Crippen LogP contribution is 2.27. The third-order valence-electron chi connectivity index (χ3n) is 4.16. The maximum Gasteiger partial charge on any atom is 0.239 e. The van der Waals surface area contributed by atoms with Crippen LogP contribution in [-0.2, 0) is 4.79 Å². The Bertz CT molecular complexity index is 258. The van der Waals surface area contributed by atoms with Crippen LogP contribution in [0.1, 0.15) is 38.5 Å². The molecule has 1 aliphatic carbocycles. The molecule has 1 aliphatic heterocycles. The average Bonchev–Trinajstić information content (AvgIpc) is 2.28. The van der Waals surface area contributed by atoms with Crippen LogP contribution in [0, 0.1) is 11.8 Å². The average molecular weight is 240 g/mol. The maximum atomic E-state index is 12.0. The lowest BCUT2D eigenvalue weighted by Gasteiger charge is -2.40. The molecule has 4 heteroatoms. The van der Waals surface area contributed by atoms with Crippen molar-refractivity contribution in [1.82, 2.24) is 4.90 Å². The number of carbonyl (C=O) groups excluding carboxylic acids is 1. The smallest absolute Gasteiger partial charge is 0.239 e. The monoisotopic (exact) mass is 240 g/mol. The molecule has 0 aromatic carbocycles. The molecule has 2 rings (SSSR count). The van der Waals surface area contributed by atoms with E-state index in [-0.39, 0.29) is 24.5 Å². The van der Waals surface area contributed by atoms with Gasteiger partial charge in [0.1, 0.15) is 0 Å². The topological polar surface area (TPSA) is 66.6 Å². The van der Waals surface area contributed by atoms with Gasteiger partial charge in [-0.25, -0.2) is 0 Å². The molecular formula is C13H24N2O2. The molecular weight excluding hydrogens is 216 g/mol. The molecule has 17 heavy (non-hydrogen) atoms. The third kappa shape index (κ3) is 3.19. The van der Waals surface area contributed by atoms with Gasteiger partial charge in [-0.15, -0.1) is 0 Å². The second-order valence-electron chi connectivity index (χ2n) is 5.64. The number of amides is 1. The van der Waals surface area contributed by atoms with E-state index in [0.717, 1.165) is 6.42 Å². The van der Waals surface area contributed by atoms with E-state index in [2.05, 4.69) is 0 Å². The van der Waals surface area contributed by atoms with E-state index in [1.54, 1.807) is 4.90 Å². The molecule has 98 valence electrons. The quantitative estimate of drug-likeness (QED) is 0.761. The Morgan fingerprint density at radius 3 is 2.47 bits per heavy atom. The molecule has 4 nitrogen and oxygen atoms in total. The lowest BCUT2D eigenvalue weighted by molar-refractivity contribution is -0.140. The highest BCUT2D eigenvalue weighted by atomic mass is 16.3. The molecule has 2 aliphatic rings. The van der Waals surface area contributed by atoms with Crippen LogP contribution in [0.25, 0.3) is 0 Å². The van der Waals surface area contributed by atoms with Crippen molar-refractivity contribution in [2.75, 3.05) is 19.7 Å². The predicted molar refractivity (Wildman–Crippen MR) is 66.3 cm³/mol. The van der Waals surface area contributed by atoms with Crippen LogP contribution in [0.2, 0.25) is 0 Å². The van der Waals surface area contributed by atoms with Crippen molar-refractivity contribution in [1.29, 1.82) is 0 Å². The summed E-state index contributed by atoms with van der Waals surface area (Å²) in [5.74, 6) is 1.01. The molecule has 1 amide bonds. The van der Waals surface area contributed by atoms with E-state index in [9.17, 15) is 4.79 Å². The highest BCUT2D eigenvalue weighted by Gasteiger charge is 2.33. The Hall–Kier alpha value is -0.610. The van der Waals surface area contributed by atoms with Crippen LogP contribution in [0.3, 0.4) is 0 Å². The zero-order valence-electron chi connectivity index (χ0n) is 10.5. The number of hydrogen-bond acceptors (Lipinski definition) is 3. The molecule has 0 bridgehead atoms. The first-order valence-electron chi connectivity index (χ1n) is 6.86. The van der Waals surface area contributed by atoms with Crippen LogP contribution in [-0.4, -0.2) is 41.7 Å². The summed E-state index contributed by atoms with van der Waals surface area (Å²) in [5.41, 5.74) is 5.99. The summed E-state index contributed by atoms with van der Waals surface area (Å²) in [6.45, 7) is 1.56. The van der Waals surface area contributed by atoms with Gasteiger partial charge in [0.05, 0.1) is 6.04 Å². The number of nitrogens with zero attached hydrogens (tertiary/aromatic N) is 1. The van der Waals surface area contributed by atoms with Crippen molar-refractivity contribution in [2.24, 2.45) is 17.6 Å². The number of nitrogens with two attached hydrogens (primary N) is 1. The minimum atomic E-state index is -0.322. The normalized spacial score (nSPS) is 24.5. The first kappa shape index (κ1) is 12.8. The third-order valence-corrected chi connectivity index (χ3v) is 4.16. The molecule has 2 fully saturated rings. The van der Waals surface area contributed by atoms with Crippen LogP contribution < -0.4 is 5.73 Å². The van der Waals surface area contributed by atoms with E-state index < -0.39 is 0 Å². The Morgan fingerprint density at radius 2 is 1.88 bits per heavy atom. The van der Waals surface area contributed by atoms with Gasteiger partial charge >= 0.3 is 0 Å². The van der Waals surface area contributed by atoms with E-state index in [4.69, 9.17) is 10.8 Å².